The molecule has 1 saturated heterocycles. The molecule has 4 aromatic rings. The number of piperidine rings is 1. The Bertz CT molecular complexity index is 1560. The van der Waals surface area contributed by atoms with Crippen molar-refractivity contribution in [2.45, 2.75) is 25.3 Å². The van der Waals surface area contributed by atoms with E-state index in [1.807, 2.05) is 12.1 Å². The first-order valence-electron chi connectivity index (χ1n) is 12.4. The number of hydrogen-bond acceptors (Lipinski definition) is 7. The molecule has 0 bridgehead atoms. The van der Waals surface area contributed by atoms with Crippen molar-refractivity contribution in [3.8, 4) is 11.5 Å². The third kappa shape index (κ3) is 3.69. The first kappa shape index (κ1) is 23.3. The van der Waals surface area contributed by atoms with E-state index in [0.29, 0.717) is 39.7 Å². The summed E-state index contributed by atoms with van der Waals surface area (Å²) in [7, 11) is 3.16. The molecule has 1 fully saturated rings. The fourth-order valence-electron chi connectivity index (χ4n) is 5.92. The molecule has 2 aliphatic rings. The van der Waals surface area contributed by atoms with Gasteiger partial charge in [0.2, 0.25) is 5.95 Å². The van der Waals surface area contributed by atoms with Crippen molar-refractivity contribution in [2.75, 3.05) is 32.2 Å². The number of rotatable bonds is 5. The topological polar surface area (TPSA) is 122 Å². The number of hydrogen-bond donors (Lipinski definition) is 3. The smallest absolute Gasteiger partial charge is 0.264 e. The number of H-pyrrole nitrogens is 2. The molecule has 0 radical (unpaired) electrons. The number of nitrogens with one attached hydrogen (secondary N) is 2. The maximum atomic E-state index is 13.2. The summed E-state index contributed by atoms with van der Waals surface area (Å²) in [4.78, 5) is 23.1. The minimum atomic E-state index is -0.254. The first-order chi connectivity index (χ1) is 17.9. The highest BCUT2D eigenvalue weighted by Crippen LogP contribution is 2.50. The maximum absolute atomic E-state index is 13.2. The lowest BCUT2D eigenvalue weighted by atomic mass is 9.73. The second-order valence-corrected chi connectivity index (χ2v) is 9.94. The number of aromatic nitrogens is 4. The van der Waals surface area contributed by atoms with Gasteiger partial charge in [0.1, 0.15) is 11.1 Å². The number of methoxy groups -OCH3 is 2. The summed E-state index contributed by atoms with van der Waals surface area (Å²) in [5.74, 6) is 1.73. The average Bonchev–Trinajstić information content (AvgIpc) is 3.48. The summed E-state index contributed by atoms with van der Waals surface area (Å²) in [6, 6.07) is 14.0. The van der Waals surface area contributed by atoms with Crippen molar-refractivity contribution < 1.29 is 9.47 Å². The number of aromatic amines is 2. The lowest BCUT2D eigenvalue weighted by Crippen LogP contribution is -2.45. The second kappa shape index (κ2) is 8.77. The molecule has 0 saturated carbocycles. The predicted molar refractivity (Wildman–Crippen MR) is 143 cm³/mol. The molecule has 1 atom stereocenters. The Morgan fingerprint density at radius 2 is 1.89 bits per heavy atom. The number of fused-ring (bicyclic) bond motifs is 2. The van der Waals surface area contributed by atoms with E-state index in [-0.39, 0.29) is 17.0 Å². The number of nitrogens with zero attached hydrogens (tertiary/aromatic N) is 3. The van der Waals surface area contributed by atoms with E-state index in [2.05, 4.69) is 50.9 Å². The molecule has 6 rings (SSSR count). The van der Waals surface area contributed by atoms with Crippen LogP contribution < -0.4 is 25.7 Å². The van der Waals surface area contributed by atoms with Crippen molar-refractivity contribution in [1.29, 1.82) is 0 Å². The second-order valence-electron chi connectivity index (χ2n) is 9.94. The molecule has 0 amide bonds. The molecule has 37 heavy (non-hydrogen) atoms. The van der Waals surface area contributed by atoms with Crippen LogP contribution in [0.4, 0.5) is 5.95 Å². The highest BCUT2D eigenvalue weighted by Gasteiger charge is 2.46. The van der Waals surface area contributed by atoms with E-state index >= 15 is 0 Å². The van der Waals surface area contributed by atoms with Crippen molar-refractivity contribution in [3.05, 3.63) is 81.8 Å². The zero-order chi connectivity index (χ0) is 25.7. The molecular formula is C28H30N6O3. The molecule has 1 aliphatic carbocycles. The Balaban J connectivity index is 1.25. The molecule has 0 unspecified atom stereocenters. The fraction of sp³-hybridized carbons (Fsp3) is 0.321. The summed E-state index contributed by atoms with van der Waals surface area (Å²) >= 11 is 0. The summed E-state index contributed by atoms with van der Waals surface area (Å²) in [6.07, 6.45) is 2.88. The minimum absolute atomic E-state index is 0.0399. The molecule has 9 nitrogen and oxygen atoms in total. The molecule has 9 heteroatoms. The van der Waals surface area contributed by atoms with Gasteiger partial charge in [0.05, 0.1) is 14.2 Å². The number of benzene rings is 2. The summed E-state index contributed by atoms with van der Waals surface area (Å²) < 4.78 is 10.7. The quantitative estimate of drug-likeness (QED) is 0.384. The van der Waals surface area contributed by atoms with Gasteiger partial charge in [-0.1, -0.05) is 36.9 Å². The zero-order valence-electron chi connectivity index (χ0n) is 21.0. The molecular weight excluding hydrogens is 468 g/mol. The largest absolute Gasteiger partial charge is 0.493 e. The van der Waals surface area contributed by atoms with Gasteiger partial charge in [0.15, 0.2) is 17.1 Å². The molecule has 4 N–H and O–H groups in total. The Morgan fingerprint density at radius 3 is 2.62 bits per heavy atom. The van der Waals surface area contributed by atoms with Gasteiger partial charge in [0, 0.05) is 24.7 Å². The van der Waals surface area contributed by atoms with Gasteiger partial charge in [-0.3, -0.25) is 14.9 Å². The molecule has 1 aliphatic heterocycles. The van der Waals surface area contributed by atoms with Gasteiger partial charge in [-0.2, -0.15) is 10.1 Å². The van der Waals surface area contributed by atoms with Crippen LogP contribution in [-0.4, -0.2) is 47.5 Å². The van der Waals surface area contributed by atoms with Crippen LogP contribution in [0, 0.1) is 5.41 Å². The van der Waals surface area contributed by atoms with Gasteiger partial charge in [0.25, 0.3) is 5.56 Å². The summed E-state index contributed by atoms with van der Waals surface area (Å²) in [5, 5.41) is 7.71. The molecule has 2 aromatic heterocycles. The van der Waals surface area contributed by atoms with Crippen LogP contribution in [0.3, 0.4) is 0 Å². The van der Waals surface area contributed by atoms with Gasteiger partial charge in [-0.15, -0.1) is 0 Å². The van der Waals surface area contributed by atoms with E-state index in [1.54, 1.807) is 20.3 Å². The van der Waals surface area contributed by atoms with Crippen LogP contribution >= 0.6 is 0 Å². The van der Waals surface area contributed by atoms with Crippen LogP contribution in [0.25, 0.3) is 16.6 Å². The third-order valence-electron chi connectivity index (χ3n) is 8.09. The lowest BCUT2D eigenvalue weighted by Gasteiger charge is -2.42. The molecule has 190 valence electrons. The Morgan fingerprint density at radius 1 is 1.14 bits per heavy atom. The van der Waals surface area contributed by atoms with E-state index in [0.717, 1.165) is 37.9 Å². The van der Waals surface area contributed by atoms with E-state index in [9.17, 15) is 4.79 Å². The molecule has 2 aromatic carbocycles. The van der Waals surface area contributed by atoms with Crippen molar-refractivity contribution in [2.24, 2.45) is 11.1 Å². The summed E-state index contributed by atoms with van der Waals surface area (Å²) in [6.45, 7) is 5.73. The SMILES string of the molecule is C=C(c1ccc(OC)c(OC)c1)c1n[nH]c2nc(N3CCC4(CC3)Cc3ccccc3[C@H]4N)[nH]c(=O)c12. The van der Waals surface area contributed by atoms with Crippen LogP contribution in [0.5, 0.6) is 11.5 Å². The van der Waals surface area contributed by atoms with Crippen LogP contribution in [-0.2, 0) is 6.42 Å². The fourth-order valence-corrected chi connectivity index (χ4v) is 5.92. The molecule has 3 heterocycles. The minimum Gasteiger partial charge on any atom is -0.493 e. The van der Waals surface area contributed by atoms with Gasteiger partial charge >= 0.3 is 0 Å². The lowest BCUT2D eigenvalue weighted by molar-refractivity contribution is 0.187. The number of anilines is 1. The average molecular weight is 499 g/mol. The van der Waals surface area contributed by atoms with Gasteiger partial charge in [-0.25, -0.2) is 0 Å². The van der Waals surface area contributed by atoms with Crippen molar-refractivity contribution in [1.82, 2.24) is 20.2 Å². The Labute approximate surface area is 214 Å². The van der Waals surface area contributed by atoms with E-state index in [4.69, 9.17) is 20.2 Å². The molecule has 1 spiro atoms. The Hall–Kier alpha value is -4.11. The van der Waals surface area contributed by atoms with Crippen LogP contribution in [0.1, 0.15) is 41.3 Å². The van der Waals surface area contributed by atoms with E-state index in [1.165, 1.54) is 11.1 Å². The normalized spacial score (nSPS) is 18.2. The van der Waals surface area contributed by atoms with Gasteiger partial charge in [-0.05, 0) is 53.5 Å². The first-order valence-corrected chi connectivity index (χ1v) is 12.4. The zero-order valence-corrected chi connectivity index (χ0v) is 21.0. The highest BCUT2D eigenvalue weighted by molar-refractivity contribution is 5.92. The van der Waals surface area contributed by atoms with Crippen molar-refractivity contribution in [3.63, 3.8) is 0 Å². The van der Waals surface area contributed by atoms with Crippen LogP contribution in [0.15, 0.2) is 53.8 Å². The highest BCUT2D eigenvalue weighted by atomic mass is 16.5. The predicted octanol–water partition coefficient (Wildman–Crippen LogP) is 3.57. The van der Waals surface area contributed by atoms with E-state index < -0.39 is 0 Å². The number of ether oxygens (including phenoxy) is 2. The van der Waals surface area contributed by atoms with Crippen LogP contribution in [0.2, 0.25) is 0 Å². The monoisotopic (exact) mass is 498 g/mol. The third-order valence-corrected chi connectivity index (χ3v) is 8.09. The number of nitrogens with two attached hydrogens (primary N) is 1. The standard InChI is InChI=1S/C28H30N6O3/c1-16(17-8-9-20(36-2)21(14-17)37-3)23-22-25(33-32-23)30-27(31-26(22)35)34-12-10-28(11-13-34)15-18-6-4-5-7-19(18)24(28)29/h4-9,14,24H,1,10-13,15,29H2,2-3H3,(H2,30,31,32,33,35)/t24-/m1/s1. The summed E-state index contributed by atoms with van der Waals surface area (Å²) in [5.41, 5.74) is 11.4. The van der Waals surface area contributed by atoms with Gasteiger partial charge < -0.3 is 20.1 Å². The van der Waals surface area contributed by atoms with Crippen molar-refractivity contribution >= 4 is 22.6 Å². The maximum Gasteiger partial charge on any atom is 0.264 e. The Kier molecular flexibility index (Phi) is 5.52.